The van der Waals surface area contributed by atoms with E-state index in [1.165, 1.54) is 0 Å². The van der Waals surface area contributed by atoms with Gasteiger partial charge in [0.25, 0.3) is 0 Å². The molecule has 0 aliphatic heterocycles. The Kier molecular flexibility index (Phi) is 6.44. The van der Waals surface area contributed by atoms with Gasteiger partial charge in [-0.25, -0.2) is 0 Å². The van der Waals surface area contributed by atoms with E-state index >= 15 is 0 Å². The van der Waals surface area contributed by atoms with Crippen molar-refractivity contribution in [3.05, 3.63) is 54.0 Å². The second kappa shape index (κ2) is 8.55. The molecule has 130 valence electrons. The molecule has 1 atom stereocenters. The van der Waals surface area contributed by atoms with E-state index in [0.29, 0.717) is 19.0 Å². The average Bonchev–Trinajstić information content (AvgIpc) is 3.02. The van der Waals surface area contributed by atoms with Gasteiger partial charge in [-0.3, -0.25) is 9.69 Å². The Morgan fingerprint density at radius 1 is 1.17 bits per heavy atom. The highest BCUT2D eigenvalue weighted by Gasteiger charge is 2.17. The molecule has 2 aromatic rings. The maximum atomic E-state index is 12.3. The van der Waals surface area contributed by atoms with Crippen LogP contribution in [0.5, 0.6) is 5.75 Å². The predicted octanol–water partition coefficient (Wildman–Crippen LogP) is 3.15. The van der Waals surface area contributed by atoms with Gasteiger partial charge >= 0.3 is 0 Å². The number of hydrogen-bond acceptors (Lipinski definition) is 4. The number of phenols is 1. The maximum absolute atomic E-state index is 12.3. The van der Waals surface area contributed by atoms with Gasteiger partial charge in [0.1, 0.15) is 11.5 Å². The Morgan fingerprint density at radius 3 is 2.54 bits per heavy atom. The number of nitrogens with zero attached hydrogens (tertiary/aromatic N) is 1. The highest BCUT2D eigenvalue weighted by atomic mass is 16.3. The van der Waals surface area contributed by atoms with Crippen LogP contribution in [0.15, 0.2) is 47.1 Å². The largest absolute Gasteiger partial charge is 0.508 e. The molecule has 0 aliphatic carbocycles. The Balaban J connectivity index is 2.05. The van der Waals surface area contributed by atoms with Gasteiger partial charge in [0, 0.05) is 18.2 Å². The van der Waals surface area contributed by atoms with E-state index in [9.17, 15) is 9.90 Å². The van der Waals surface area contributed by atoms with Crippen LogP contribution in [0.1, 0.15) is 32.1 Å². The predicted molar refractivity (Wildman–Crippen MR) is 93.4 cm³/mol. The van der Waals surface area contributed by atoms with Crippen LogP contribution >= 0.6 is 0 Å². The maximum Gasteiger partial charge on any atom is 0.234 e. The number of phenolic OH excluding ortho intramolecular Hbond substituents is 1. The molecule has 0 aliphatic rings. The van der Waals surface area contributed by atoms with Crippen LogP contribution in [-0.4, -0.2) is 28.5 Å². The molecule has 0 bridgehead atoms. The van der Waals surface area contributed by atoms with Gasteiger partial charge in [0.15, 0.2) is 0 Å². The average molecular weight is 330 g/mol. The summed E-state index contributed by atoms with van der Waals surface area (Å²) in [6.45, 7) is 7.37. The molecule has 0 saturated carbocycles. The molecule has 0 radical (unpaired) electrons. The molecule has 5 heteroatoms. The van der Waals surface area contributed by atoms with Crippen LogP contribution < -0.4 is 5.32 Å². The standard InChI is InChI=1S/C19H26N2O3/c1-14(2)15(3)20-19(23)13-21(12-17-8-6-10-24-17)11-16-7-4-5-9-18(16)22/h4-10,14-15,22H,11-13H2,1-3H3,(H,20,23). The van der Waals surface area contributed by atoms with Crippen LogP contribution in [0, 0.1) is 5.92 Å². The third-order valence-corrected chi connectivity index (χ3v) is 4.10. The fourth-order valence-corrected chi connectivity index (χ4v) is 2.35. The zero-order valence-corrected chi connectivity index (χ0v) is 14.5. The van der Waals surface area contributed by atoms with Gasteiger partial charge in [0.2, 0.25) is 5.91 Å². The van der Waals surface area contributed by atoms with Gasteiger partial charge in [-0.1, -0.05) is 32.0 Å². The lowest BCUT2D eigenvalue weighted by Crippen LogP contribution is -2.42. The minimum Gasteiger partial charge on any atom is -0.508 e. The highest BCUT2D eigenvalue weighted by molar-refractivity contribution is 5.78. The van der Waals surface area contributed by atoms with E-state index in [4.69, 9.17) is 4.42 Å². The first-order valence-corrected chi connectivity index (χ1v) is 8.26. The quantitative estimate of drug-likeness (QED) is 0.780. The Morgan fingerprint density at radius 2 is 1.92 bits per heavy atom. The summed E-state index contributed by atoms with van der Waals surface area (Å²) in [7, 11) is 0. The van der Waals surface area contributed by atoms with Crippen molar-refractivity contribution in [3.63, 3.8) is 0 Å². The Labute approximate surface area is 143 Å². The molecule has 0 fully saturated rings. The smallest absolute Gasteiger partial charge is 0.234 e. The van der Waals surface area contributed by atoms with E-state index in [1.54, 1.807) is 18.4 Å². The van der Waals surface area contributed by atoms with Crippen molar-refractivity contribution >= 4 is 5.91 Å². The zero-order valence-electron chi connectivity index (χ0n) is 14.5. The van der Waals surface area contributed by atoms with E-state index in [2.05, 4.69) is 19.2 Å². The van der Waals surface area contributed by atoms with Crippen molar-refractivity contribution in [2.75, 3.05) is 6.54 Å². The fourth-order valence-electron chi connectivity index (χ4n) is 2.35. The summed E-state index contributed by atoms with van der Waals surface area (Å²) in [5.74, 6) is 1.37. The van der Waals surface area contributed by atoms with Gasteiger partial charge in [-0.05, 0) is 31.0 Å². The second-order valence-electron chi connectivity index (χ2n) is 6.45. The first-order valence-electron chi connectivity index (χ1n) is 8.26. The minimum absolute atomic E-state index is 0.0295. The first kappa shape index (κ1) is 18.1. The first-order chi connectivity index (χ1) is 11.5. The monoisotopic (exact) mass is 330 g/mol. The lowest BCUT2D eigenvalue weighted by Gasteiger charge is -2.23. The van der Waals surface area contributed by atoms with Crippen molar-refractivity contribution < 1.29 is 14.3 Å². The number of carbonyl (C=O) groups excluding carboxylic acids is 1. The molecule has 0 saturated heterocycles. The lowest BCUT2D eigenvalue weighted by molar-refractivity contribution is -0.123. The SMILES string of the molecule is CC(C)C(C)NC(=O)CN(Cc1ccco1)Cc1ccccc1O. The molecule has 24 heavy (non-hydrogen) atoms. The van der Waals surface area contributed by atoms with Crippen LogP contribution in [0.2, 0.25) is 0 Å². The summed E-state index contributed by atoms with van der Waals surface area (Å²) in [6, 6.07) is 11.0. The number of furan rings is 1. The van der Waals surface area contributed by atoms with Crippen molar-refractivity contribution in [3.8, 4) is 5.75 Å². The fraction of sp³-hybridized carbons (Fsp3) is 0.421. The number of amides is 1. The Hall–Kier alpha value is -2.27. The van der Waals surface area contributed by atoms with Crippen LogP contribution in [0.25, 0.3) is 0 Å². The molecule has 5 nitrogen and oxygen atoms in total. The zero-order chi connectivity index (χ0) is 17.5. The summed E-state index contributed by atoms with van der Waals surface area (Å²) in [5, 5.41) is 13.0. The molecule has 0 spiro atoms. The van der Waals surface area contributed by atoms with E-state index in [0.717, 1.165) is 11.3 Å². The van der Waals surface area contributed by atoms with Gasteiger partial charge in [-0.15, -0.1) is 0 Å². The van der Waals surface area contributed by atoms with E-state index in [1.807, 2.05) is 36.1 Å². The molecular formula is C19H26N2O3. The molecule has 1 amide bonds. The van der Waals surface area contributed by atoms with Gasteiger partial charge < -0.3 is 14.8 Å². The number of nitrogens with one attached hydrogen (secondary N) is 1. The summed E-state index contributed by atoms with van der Waals surface area (Å²) in [4.78, 5) is 14.3. The normalized spacial score (nSPS) is 12.5. The van der Waals surface area contributed by atoms with Gasteiger partial charge in [0.05, 0.1) is 19.4 Å². The second-order valence-corrected chi connectivity index (χ2v) is 6.45. The molecule has 1 unspecified atom stereocenters. The number of benzene rings is 1. The highest BCUT2D eigenvalue weighted by Crippen LogP contribution is 2.19. The third kappa shape index (κ3) is 5.42. The van der Waals surface area contributed by atoms with Crippen LogP contribution in [-0.2, 0) is 17.9 Å². The van der Waals surface area contributed by atoms with Gasteiger partial charge in [-0.2, -0.15) is 0 Å². The number of aromatic hydroxyl groups is 1. The van der Waals surface area contributed by atoms with E-state index < -0.39 is 0 Å². The number of rotatable bonds is 8. The number of carbonyl (C=O) groups is 1. The van der Waals surface area contributed by atoms with Crippen molar-refractivity contribution in [1.82, 2.24) is 10.2 Å². The molecule has 1 aromatic carbocycles. The minimum atomic E-state index is -0.0295. The molecule has 2 N–H and O–H groups in total. The van der Waals surface area contributed by atoms with E-state index in [-0.39, 0.29) is 24.2 Å². The molecular weight excluding hydrogens is 304 g/mol. The molecule has 2 rings (SSSR count). The van der Waals surface area contributed by atoms with Crippen LogP contribution in [0.4, 0.5) is 0 Å². The molecule has 1 aromatic heterocycles. The number of hydrogen-bond donors (Lipinski definition) is 2. The summed E-state index contributed by atoms with van der Waals surface area (Å²) >= 11 is 0. The van der Waals surface area contributed by atoms with Crippen LogP contribution in [0.3, 0.4) is 0 Å². The van der Waals surface area contributed by atoms with Crippen molar-refractivity contribution in [1.29, 1.82) is 0 Å². The topological polar surface area (TPSA) is 65.7 Å². The van der Waals surface area contributed by atoms with Crippen molar-refractivity contribution in [2.24, 2.45) is 5.92 Å². The van der Waals surface area contributed by atoms with Crippen molar-refractivity contribution in [2.45, 2.75) is 39.9 Å². The molecule has 1 heterocycles. The Bertz CT molecular complexity index is 638. The summed E-state index contributed by atoms with van der Waals surface area (Å²) in [6.07, 6.45) is 1.62. The number of para-hydroxylation sites is 1. The lowest BCUT2D eigenvalue weighted by atomic mass is 10.1. The summed E-state index contributed by atoms with van der Waals surface area (Å²) in [5.41, 5.74) is 0.786. The summed E-state index contributed by atoms with van der Waals surface area (Å²) < 4.78 is 5.40. The third-order valence-electron chi connectivity index (χ3n) is 4.10.